The number of nitrogens with one attached hydrogen (secondary N) is 1. The van der Waals surface area contributed by atoms with Gasteiger partial charge in [-0.25, -0.2) is 9.97 Å². The van der Waals surface area contributed by atoms with Gasteiger partial charge < -0.3 is 9.88 Å². The average molecular weight is 285 g/mol. The van der Waals surface area contributed by atoms with Crippen molar-refractivity contribution in [3.05, 3.63) is 30.5 Å². The summed E-state index contributed by atoms with van der Waals surface area (Å²) in [5.41, 5.74) is 1.72. The van der Waals surface area contributed by atoms with E-state index in [1.807, 2.05) is 11.1 Å². The van der Waals surface area contributed by atoms with Gasteiger partial charge in [0.2, 0.25) is 5.91 Å². The highest BCUT2D eigenvalue weighted by atomic mass is 16.2. The number of amides is 1. The van der Waals surface area contributed by atoms with Crippen LogP contribution in [0.4, 0.5) is 0 Å². The summed E-state index contributed by atoms with van der Waals surface area (Å²) in [4.78, 5) is 29.4. The molecule has 2 aromatic heterocycles. The second-order valence-corrected chi connectivity index (χ2v) is 5.51. The summed E-state index contributed by atoms with van der Waals surface area (Å²) >= 11 is 0. The Morgan fingerprint density at radius 1 is 1.38 bits per heavy atom. The molecule has 1 N–H and O–H groups in total. The van der Waals surface area contributed by atoms with Gasteiger partial charge in [-0.2, -0.15) is 0 Å². The molecule has 1 saturated heterocycles. The number of H-pyrrole nitrogens is 1. The van der Waals surface area contributed by atoms with Crippen LogP contribution in [0.25, 0.3) is 11.5 Å². The first kappa shape index (κ1) is 13.7. The monoisotopic (exact) mass is 285 g/mol. The number of nitrogens with zero attached hydrogens (tertiary/aromatic N) is 4. The van der Waals surface area contributed by atoms with Crippen LogP contribution in [-0.2, 0) is 11.2 Å². The van der Waals surface area contributed by atoms with Crippen LogP contribution in [0.5, 0.6) is 0 Å². The van der Waals surface area contributed by atoms with Crippen molar-refractivity contribution in [1.29, 1.82) is 0 Å². The fourth-order valence-corrected chi connectivity index (χ4v) is 2.80. The van der Waals surface area contributed by atoms with Crippen molar-refractivity contribution >= 4 is 5.91 Å². The number of aromatic nitrogens is 4. The number of rotatable bonds is 3. The fraction of sp³-hybridized carbons (Fsp3) is 0.467. The quantitative estimate of drug-likeness (QED) is 0.930. The van der Waals surface area contributed by atoms with Crippen LogP contribution in [0.2, 0.25) is 0 Å². The van der Waals surface area contributed by atoms with E-state index in [2.05, 4.69) is 19.9 Å². The Kier molecular flexibility index (Phi) is 3.94. The number of carbonyl (C=O) groups is 1. The van der Waals surface area contributed by atoms with Gasteiger partial charge in [0.05, 0.1) is 11.9 Å². The van der Waals surface area contributed by atoms with Gasteiger partial charge in [0.25, 0.3) is 0 Å². The highest BCUT2D eigenvalue weighted by Gasteiger charge is 2.22. The Morgan fingerprint density at radius 3 is 2.95 bits per heavy atom. The Morgan fingerprint density at radius 2 is 2.29 bits per heavy atom. The minimum absolute atomic E-state index is 0.166. The number of piperidine rings is 1. The molecule has 1 aliphatic heterocycles. The molecule has 0 radical (unpaired) electrons. The third-order valence-corrected chi connectivity index (χ3v) is 3.91. The van der Waals surface area contributed by atoms with E-state index in [-0.39, 0.29) is 5.91 Å². The highest BCUT2D eigenvalue weighted by molar-refractivity contribution is 5.73. The molecule has 0 spiro atoms. The van der Waals surface area contributed by atoms with Crippen LogP contribution in [0, 0.1) is 5.92 Å². The summed E-state index contributed by atoms with van der Waals surface area (Å²) in [6.07, 6.45) is 10.1. The Hall–Kier alpha value is -2.24. The maximum absolute atomic E-state index is 11.5. The SMILES string of the molecule is CC(=O)N1CCCC(Cc2cnc(-c3ncc[nH]3)cn2)C1. The normalized spacial score (nSPS) is 18.7. The van der Waals surface area contributed by atoms with E-state index in [4.69, 9.17) is 0 Å². The zero-order chi connectivity index (χ0) is 14.7. The standard InChI is InChI=1S/C15H19N5O/c1-11(21)20-6-2-3-12(10-20)7-13-8-19-14(9-18-13)15-16-4-5-17-15/h4-5,8-9,12H,2-3,6-7,10H2,1H3,(H,16,17). The maximum Gasteiger partial charge on any atom is 0.219 e. The third kappa shape index (κ3) is 3.26. The molecule has 1 fully saturated rings. The molecule has 0 aromatic carbocycles. The van der Waals surface area contributed by atoms with E-state index in [0.717, 1.165) is 49.6 Å². The lowest BCUT2D eigenvalue weighted by Crippen LogP contribution is -2.39. The molecule has 1 atom stereocenters. The maximum atomic E-state index is 11.5. The number of likely N-dealkylation sites (tertiary alicyclic amines) is 1. The predicted octanol–water partition coefficient (Wildman–Crippen LogP) is 1.67. The van der Waals surface area contributed by atoms with Crippen LogP contribution in [0.1, 0.15) is 25.5 Å². The van der Waals surface area contributed by atoms with Gasteiger partial charge in [0, 0.05) is 38.6 Å². The molecule has 1 amide bonds. The van der Waals surface area contributed by atoms with Crippen LogP contribution < -0.4 is 0 Å². The van der Waals surface area contributed by atoms with E-state index in [0.29, 0.717) is 5.92 Å². The van der Waals surface area contributed by atoms with Crippen molar-refractivity contribution in [2.45, 2.75) is 26.2 Å². The lowest BCUT2D eigenvalue weighted by atomic mass is 9.93. The summed E-state index contributed by atoms with van der Waals surface area (Å²) in [7, 11) is 0. The Labute approximate surface area is 123 Å². The molecule has 6 heteroatoms. The third-order valence-electron chi connectivity index (χ3n) is 3.91. The number of imidazole rings is 1. The fourth-order valence-electron chi connectivity index (χ4n) is 2.80. The number of hydrogen-bond acceptors (Lipinski definition) is 4. The van der Waals surface area contributed by atoms with Gasteiger partial charge in [0.1, 0.15) is 5.69 Å². The summed E-state index contributed by atoms with van der Waals surface area (Å²) in [5, 5.41) is 0. The zero-order valence-electron chi connectivity index (χ0n) is 12.1. The number of carbonyl (C=O) groups excluding carboxylic acids is 1. The van der Waals surface area contributed by atoms with Crippen LogP contribution in [0.15, 0.2) is 24.8 Å². The van der Waals surface area contributed by atoms with Crippen molar-refractivity contribution in [3.63, 3.8) is 0 Å². The van der Waals surface area contributed by atoms with Crippen LogP contribution >= 0.6 is 0 Å². The number of hydrogen-bond donors (Lipinski definition) is 1. The van der Waals surface area contributed by atoms with E-state index < -0.39 is 0 Å². The van der Waals surface area contributed by atoms with Gasteiger partial charge in [-0.15, -0.1) is 0 Å². The molecule has 21 heavy (non-hydrogen) atoms. The summed E-state index contributed by atoms with van der Waals surface area (Å²) in [5.74, 6) is 1.37. The van der Waals surface area contributed by atoms with E-state index in [1.165, 1.54) is 0 Å². The second kappa shape index (κ2) is 6.03. The molecule has 110 valence electrons. The zero-order valence-corrected chi connectivity index (χ0v) is 12.1. The average Bonchev–Trinajstić information content (AvgIpc) is 3.02. The molecule has 3 rings (SSSR count). The van der Waals surface area contributed by atoms with Crippen molar-refractivity contribution < 1.29 is 4.79 Å². The summed E-state index contributed by atoms with van der Waals surface area (Å²) in [6.45, 7) is 3.35. The van der Waals surface area contributed by atoms with Gasteiger partial charge in [-0.3, -0.25) is 9.78 Å². The Balaban J connectivity index is 1.64. The van der Waals surface area contributed by atoms with Crippen molar-refractivity contribution in [2.24, 2.45) is 5.92 Å². The minimum Gasteiger partial charge on any atom is -0.343 e. The van der Waals surface area contributed by atoms with Crippen molar-refractivity contribution in [1.82, 2.24) is 24.8 Å². The lowest BCUT2D eigenvalue weighted by Gasteiger charge is -2.31. The van der Waals surface area contributed by atoms with Crippen LogP contribution in [-0.4, -0.2) is 43.8 Å². The van der Waals surface area contributed by atoms with Crippen molar-refractivity contribution in [3.8, 4) is 11.5 Å². The predicted molar refractivity (Wildman–Crippen MR) is 78.3 cm³/mol. The first-order valence-electron chi connectivity index (χ1n) is 7.28. The molecule has 0 saturated carbocycles. The molecular weight excluding hydrogens is 266 g/mol. The molecule has 3 heterocycles. The second-order valence-electron chi connectivity index (χ2n) is 5.51. The van der Waals surface area contributed by atoms with E-state index in [1.54, 1.807) is 25.5 Å². The van der Waals surface area contributed by atoms with Gasteiger partial charge in [-0.05, 0) is 25.2 Å². The topological polar surface area (TPSA) is 74.8 Å². The molecule has 1 unspecified atom stereocenters. The van der Waals surface area contributed by atoms with Gasteiger partial charge in [-0.1, -0.05) is 0 Å². The molecular formula is C15H19N5O. The van der Waals surface area contributed by atoms with Crippen molar-refractivity contribution in [2.75, 3.05) is 13.1 Å². The lowest BCUT2D eigenvalue weighted by molar-refractivity contribution is -0.130. The molecule has 6 nitrogen and oxygen atoms in total. The molecule has 2 aromatic rings. The Bertz CT molecular complexity index is 593. The first-order valence-corrected chi connectivity index (χ1v) is 7.28. The van der Waals surface area contributed by atoms with Gasteiger partial charge >= 0.3 is 0 Å². The molecule has 0 bridgehead atoms. The highest BCUT2D eigenvalue weighted by Crippen LogP contribution is 2.20. The molecule has 0 aliphatic carbocycles. The largest absolute Gasteiger partial charge is 0.343 e. The number of aromatic amines is 1. The minimum atomic E-state index is 0.166. The van der Waals surface area contributed by atoms with E-state index in [9.17, 15) is 4.79 Å². The summed E-state index contributed by atoms with van der Waals surface area (Å²) in [6, 6.07) is 0. The molecule has 1 aliphatic rings. The van der Waals surface area contributed by atoms with Crippen LogP contribution in [0.3, 0.4) is 0 Å². The first-order chi connectivity index (χ1) is 10.2. The smallest absolute Gasteiger partial charge is 0.219 e. The van der Waals surface area contributed by atoms with E-state index >= 15 is 0 Å². The van der Waals surface area contributed by atoms with Gasteiger partial charge in [0.15, 0.2) is 5.82 Å². The summed E-state index contributed by atoms with van der Waals surface area (Å²) < 4.78 is 0.